The van der Waals surface area contributed by atoms with Crippen LogP contribution in [0, 0.1) is 23.7 Å². The summed E-state index contributed by atoms with van der Waals surface area (Å²) in [7, 11) is -9.89. The topological polar surface area (TPSA) is 237 Å². The number of aliphatic hydroxyl groups excluding tert-OH is 1. The molecule has 0 saturated carbocycles. The average molecular weight is 1230 g/mol. The van der Waals surface area contributed by atoms with E-state index in [-0.39, 0.29) is 25.7 Å². The number of hydrogen-bond donors (Lipinski definition) is 3. The molecule has 3 N–H and O–H groups in total. The van der Waals surface area contributed by atoms with Gasteiger partial charge in [0.1, 0.15) is 19.3 Å². The van der Waals surface area contributed by atoms with Crippen molar-refractivity contribution in [3.8, 4) is 0 Å². The summed E-state index contributed by atoms with van der Waals surface area (Å²) in [6.07, 6.45) is 33.8. The van der Waals surface area contributed by atoms with Crippen molar-refractivity contribution in [2.24, 2.45) is 23.7 Å². The summed E-state index contributed by atoms with van der Waals surface area (Å²) >= 11 is 0. The normalized spacial score (nSPS) is 14.8. The van der Waals surface area contributed by atoms with Gasteiger partial charge in [0.15, 0.2) is 12.2 Å². The molecule has 0 aliphatic rings. The van der Waals surface area contributed by atoms with E-state index < -0.39 is 97.5 Å². The monoisotopic (exact) mass is 1230 g/mol. The Kier molecular flexibility index (Phi) is 53.0. The highest BCUT2D eigenvalue weighted by molar-refractivity contribution is 7.47. The van der Waals surface area contributed by atoms with Crippen LogP contribution in [0.2, 0.25) is 0 Å². The summed E-state index contributed by atoms with van der Waals surface area (Å²) in [4.78, 5) is 72.1. The third-order valence-electron chi connectivity index (χ3n) is 14.9. The van der Waals surface area contributed by atoms with Crippen LogP contribution in [0.25, 0.3) is 0 Å². The molecule has 0 spiro atoms. The van der Waals surface area contributed by atoms with Crippen molar-refractivity contribution in [1.82, 2.24) is 0 Å². The highest BCUT2D eigenvalue weighted by atomic mass is 31.2. The average Bonchev–Trinajstić information content (AvgIpc) is 3.45. The Balaban J connectivity index is 5.23. The fourth-order valence-corrected chi connectivity index (χ4v) is 11.0. The van der Waals surface area contributed by atoms with E-state index in [9.17, 15) is 43.2 Å². The molecule has 0 saturated heterocycles. The maximum Gasteiger partial charge on any atom is 0.472 e. The SMILES string of the molecule is CCC(C)CCCCCCCCC(=O)O[C@H](COC(=O)CCCCCCCCC(C)C)COP(=O)(O)OC[C@@H](O)COP(=O)(O)OC[C@@H](COC(=O)CCCCCCCCC(C)C)OC(=O)CCCCCCCCCCCCCCC(C)C. The molecule has 6 atom stereocenters. The number of hydrogen-bond acceptors (Lipinski definition) is 15. The third-order valence-corrected chi connectivity index (χ3v) is 16.8. The first kappa shape index (κ1) is 81.1. The summed E-state index contributed by atoms with van der Waals surface area (Å²) < 4.78 is 67.9. The highest BCUT2D eigenvalue weighted by Crippen LogP contribution is 2.45. The lowest BCUT2D eigenvalue weighted by Gasteiger charge is -2.21. The van der Waals surface area contributed by atoms with Gasteiger partial charge in [-0.1, -0.05) is 254 Å². The van der Waals surface area contributed by atoms with Crippen molar-refractivity contribution < 1.29 is 80.2 Å². The third kappa shape index (κ3) is 57.6. The Hall–Kier alpha value is -1.94. The quantitative estimate of drug-likeness (QED) is 0.0222. The maximum atomic E-state index is 13.0. The molecule has 0 amide bonds. The number of carbonyl (C=O) groups excluding carboxylic acids is 4. The number of ether oxygens (including phenoxy) is 4. The van der Waals surface area contributed by atoms with E-state index in [1.165, 1.54) is 96.3 Å². The van der Waals surface area contributed by atoms with Gasteiger partial charge in [-0.05, 0) is 49.4 Å². The molecule has 0 heterocycles. The molecular weight excluding hydrogens is 1100 g/mol. The molecule has 3 unspecified atom stereocenters. The van der Waals surface area contributed by atoms with E-state index in [4.69, 9.17) is 37.0 Å². The lowest BCUT2D eigenvalue weighted by Crippen LogP contribution is -2.30. The predicted molar refractivity (Wildman–Crippen MR) is 331 cm³/mol. The van der Waals surface area contributed by atoms with Gasteiger partial charge in [-0.2, -0.15) is 0 Å². The van der Waals surface area contributed by atoms with Crippen LogP contribution < -0.4 is 0 Å². The van der Waals surface area contributed by atoms with Crippen molar-refractivity contribution in [3.63, 3.8) is 0 Å². The predicted octanol–water partition coefficient (Wildman–Crippen LogP) is 17.4. The van der Waals surface area contributed by atoms with Gasteiger partial charge in [-0.3, -0.25) is 37.3 Å². The fraction of sp³-hybridized carbons (Fsp3) is 0.938. The van der Waals surface area contributed by atoms with Gasteiger partial charge in [-0.15, -0.1) is 0 Å². The summed E-state index contributed by atoms with van der Waals surface area (Å²) in [6.45, 7) is 13.9. The van der Waals surface area contributed by atoms with Crippen LogP contribution in [-0.4, -0.2) is 96.7 Å². The van der Waals surface area contributed by atoms with E-state index in [0.717, 1.165) is 115 Å². The Morgan fingerprint density at radius 1 is 0.337 bits per heavy atom. The van der Waals surface area contributed by atoms with Crippen LogP contribution in [0.3, 0.4) is 0 Å². The van der Waals surface area contributed by atoms with Crippen molar-refractivity contribution >= 4 is 39.5 Å². The number of unbranched alkanes of at least 4 members (excludes halogenated alkanes) is 26. The van der Waals surface area contributed by atoms with Gasteiger partial charge in [0, 0.05) is 25.7 Å². The van der Waals surface area contributed by atoms with Gasteiger partial charge in [0.05, 0.1) is 26.4 Å². The Labute approximate surface area is 505 Å². The van der Waals surface area contributed by atoms with Crippen molar-refractivity contribution in [2.75, 3.05) is 39.6 Å². The summed E-state index contributed by atoms with van der Waals surface area (Å²) in [5.74, 6) is 0.712. The van der Waals surface area contributed by atoms with E-state index in [2.05, 4.69) is 55.4 Å². The molecule has 17 nitrogen and oxygen atoms in total. The minimum absolute atomic E-state index is 0.101. The zero-order valence-corrected chi connectivity index (χ0v) is 55.6. The minimum atomic E-state index is -4.95. The zero-order chi connectivity index (χ0) is 61.8. The molecule has 0 aromatic heterocycles. The lowest BCUT2D eigenvalue weighted by atomic mass is 10.00. The summed E-state index contributed by atoms with van der Waals surface area (Å²) in [5.41, 5.74) is 0. The zero-order valence-electron chi connectivity index (χ0n) is 53.8. The number of carbonyl (C=O) groups is 4. The van der Waals surface area contributed by atoms with Gasteiger partial charge in [0.25, 0.3) is 0 Å². The van der Waals surface area contributed by atoms with Crippen LogP contribution in [0.5, 0.6) is 0 Å². The number of phosphoric acid groups is 2. The Morgan fingerprint density at radius 2 is 0.578 bits per heavy atom. The molecule has 19 heteroatoms. The molecular formula is C64H124O17P2. The molecule has 492 valence electrons. The standard InChI is InChI=1S/C64H124O17P2/c1-9-57(8)43-35-27-20-23-31-39-47-64(69)81-60(51-75-62(67)45-37-29-22-19-26-34-42-56(6)7)53-79-83(72,73)77-49-58(65)48-76-82(70,71)78-52-59(50-74-61(66)44-36-28-21-18-25-33-41-55(4)5)80-63(68)46-38-30-17-15-13-11-10-12-14-16-24-32-40-54(2)3/h54-60,65H,9-53H2,1-8H3,(H,70,71)(H,72,73)/t57?,58-,59+,60+/m0/s1. The minimum Gasteiger partial charge on any atom is -0.462 e. The molecule has 0 rings (SSSR count). The maximum absolute atomic E-state index is 13.0. The number of rotatable bonds is 61. The van der Waals surface area contributed by atoms with Crippen molar-refractivity contribution in [2.45, 2.75) is 324 Å². The van der Waals surface area contributed by atoms with Crippen LogP contribution in [-0.2, 0) is 65.4 Å². The molecule has 0 bridgehead atoms. The smallest absolute Gasteiger partial charge is 0.462 e. The first-order chi connectivity index (χ1) is 39.6. The second kappa shape index (κ2) is 54.2. The number of phosphoric ester groups is 2. The fourth-order valence-electron chi connectivity index (χ4n) is 9.40. The van der Waals surface area contributed by atoms with E-state index >= 15 is 0 Å². The summed E-state index contributed by atoms with van der Waals surface area (Å²) in [5, 5.41) is 10.5. The Morgan fingerprint density at radius 3 is 0.855 bits per heavy atom. The van der Waals surface area contributed by atoms with Gasteiger partial charge in [-0.25, -0.2) is 9.13 Å². The van der Waals surface area contributed by atoms with Gasteiger partial charge < -0.3 is 33.8 Å². The van der Waals surface area contributed by atoms with Crippen LogP contribution in [0.1, 0.15) is 306 Å². The molecule has 0 aliphatic carbocycles. The largest absolute Gasteiger partial charge is 0.472 e. The molecule has 0 aromatic carbocycles. The molecule has 0 aromatic rings. The van der Waals surface area contributed by atoms with E-state index in [1.807, 2.05) is 0 Å². The van der Waals surface area contributed by atoms with E-state index in [1.54, 1.807) is 0 Å². The number of aliphatic hydroxyl groups is 1. The Bertz CT molecular complexity index is 1660. The van der Waals surface area contributed by atoms with Gasteiger partial charge in [0.2, 0.25) is 0 Å². The van der Waals surface area contributed by atoms with Crippen LogP contribution in [0.15, 0.2) is 0 Å². The van der Waals surface area contributed by atoms with Gasteiger partial charge >= 0.3 is 39.5 Å². The molecule has 0 aliphatic heterocycles. The summed E-state index contributed by atoms with van der Waals surface area (Å²) in [6, 6.07) is 0. The molecule has 0 radical (unpaired) electrons. The number of esters is 4. The molecule has 83 heavy (non-hydrogen) atoms. The van der Waals surface area contributed by atoms with Crippen molar-refractivity contribution in [3.05, 3.63) is 0 Å². The first-order valence-corrected chi connectivity index (χ1v) is 36.2. The van der Waals surface area contributed by atoms with E-state index in [0.29, 0.717) is 37.5 Å². The second-order valence-electron chi connectivity index (χ2n) is 24.8. The van der Waals surface area contributed by atoms with Crippen molar-refractivity contribution in [1.29, 1.82) is 0 Å². The molecule has 0 fully saturated rings. The highest BCUT2D eigenvalue weighted by Gasteiger charge is 2.30. The van der Waals surface area contributed by atoms with Crippen LogP contribution in [0.4, 0.5) is 0 Å². The first-order valence-electron chi connectivity index (χ1n) is 33.2. The lowest BCUT2D eigenvalue weighted by molar-refractivity contribution is -0.161. The second-order valence-corrected chi connectivity index (χ2v) is 27.7. The van der Waals surface area contributed by atoms with Crippen LogP contribution >= 0.6 is 15.6 Å².